The van der Waals surface area contributed by atoms with Gasteiger partial charge in [-0.2, -0.15) is 8.78 Å². The van der Waals surface area contributed by atoms with E-state index in [9.17, 15) is 22.4 Å². The van der Waals surface area contributed by atoms with Crippen molar-refractivity contribution in [3.63, 3.8) is 0 Å². The van der Waals surface area contributed by atoms with E-state index < -0.39 is 18.3 Å². The molecule has 0 aromatic carbocycles. The Hall–Kier alpha value is -0.850. The van der Waals surface area contributed by atoms with Crippen molar-refractivity contribution in [3.05, 3.63) is 0 Å². The standard InChI is InChI=1S/C8H11F4NO2/c9-6(10)8(11,12)7(14)13-15-5-3-1-2-4-5/h5-6H,1-4H2,(H,13,14). The third-order valence-electron chi connectivity index (χ3n) is 2.20. The van der Waals surface area contributed by atoms with Gasteiger partial charge in [-0.25, -0.2) is 14.3 Å². The van der Waals surface area contributed by atoms with E-state index in [-0.39, 0.29) is 6.10 Å². The van der Waals surface area contributed by atoms with Crippen LogP contribution in [-0.4, -0.2) is 24.4 Å². The highest BCUT2D eigenvalue weighted by Gasteiger charge is 2.49. The minimum atomic E-state index is -4.70. The van der Waals surface area contributed by atoms with E-state index in [0.717, 1.165) is 12.8 Å². The molecular weight excluding hydrogens is 218 g/mol. The molecule has 0 saturated heterocycles. The van der Waals surface area contributed by atoms with Gasteiger partial charge < -0.3 is 0 Å². The number of carbonyl (C=O) groups is 1. The van der Waals surface area contributed by atoms with Crippen LogP contribution in [-0.2, 0) is 9.63 Å². The average Bonchev–Trinajstić information content (AvgIpc) is 2.66. The van der Waals surface area contributed by atoms with Gasteiger partial charge in [0.15, 0.2) is 0 Å². The van der Waals surface area contributed by atoms with Crippen LogP contribution in [0, 0.1) is 0 Å². The summed E-state index contributed by atoms with van der Waals surface area (Å²) in [5, 5.41) is 0. The molecule has 15 heavy (non-hydrogen) atoms. The molecule has 0 unspecified atom stereocenters. The van der Waals surface area contributed by atoms with E-state index >= 15 is 0 Å². The molecule has 0 aromatic rings. The molecule has 0 radical (unpaired) electrons. The van der Waals surface area contributed by atoms with E-state index in [0.29, 0.717) is 12.8 Å². The molecule has 0 bridgehead atoms. The summed E-state index contributed by atoms with van der Waals surface area (Å²) in [7, 11) is 0. The van der Waals surface area contributed by atoms with Gasteiger partial charge in [0.1, 0.15) is 0 Å². The van der Waals surface area contributed by atoms with Crippen LogP contribution in [0.2, 0.25) is 0 Å². The SMILES string of the molecule is O=C(NOC1CCCC1)C(F)(F)C(F)F. The van der Waals surface area contributed by atoms with Gasteiger partial charge in [0.2, 0.25) is 0 Å². The molecule has 0 aliphatic heterocycles. The highest BCUT2D eigenvalue weighted by atomic mass is 19.3. The number of hydrogen-bond donors (Lipinski definition) is 1. The molecule has 1 rings (SSSR count). The highest BCUT2D eigenvalue weighted by Crippen LogP contribution is 2.24. The van der Waals surface area contributed by atoms with Crippen molar-refractivity contribution in [3.8, 4) is 0 Å². The third-order valence-corrected chi connectivity index (χ3v) is 2.20. The molecule has 1 aliphatic rings. The zero-order valence-corrected chi connectivity index (χ0v) is 7.81. The maximum absolute atomic E-state index is 12.4. The molecule has 1 N–H and O–H groups in total. The summed E-state index contributed by atoms with van der Waals surface area (Å²) in [6.45, 7) is 0. The van der Waals surface area contributed by atoms with Gasteiger partial charge in [0.05, 0.1) is 6.10 Å². The van der Waals surface area contributed by atoms with Crippen molar-refractivity contribution in [1.29, 1.82) is 0 Å². The molecular formula is C8H11F4NO2. The molecule has 0 atom stereocenters. The fourth-order valence-corrected chi connectivity index (χ4v) is 1.31. The maximum atomic E-state index is 12.4. The molecule has 88 valence electrons. The number of nitrogens with one attached hydrogen (secondary N) is 1. The van der Waals surface area contributed by atoms with Crippen LogP contribution in [0.3, 0.4) is 0 Å². The van der Waals surface area contributed by atoms with Crippen LogP contribution in [0.5, 0.6) is 0 Å². The van der Waals surface area contributed by atoms with Crippen LogP contribution in [0.15, 0.2) is 0 Å². The van der Waals surface area contributed by atoms with E-state index in [1.54, 1.807) is 0 Å². The summed E-state index contributed by atoms with van der Waals surface area (Å²) >= 11 is 0. The fraction of sp³-hybridized carbons (Fsp3) is 0.875. The monoisotopic (exact) mass is 229 g/mol. The van der Waals surface area contributed by atoms with Gasteiger partial charge >= 0.3 is 18.3 Å². The summed E-state index contributed by atoms with van der Waals surface area (Å²) in [6, 6.07) is 0. The Balaban J connectivity index is 2.34. The Morgan fingerprint density at radius 2 is 1.87 bits per heavy atom. The van der Waals surface area contributed by atoms with Crippen molar-refractivity contribution in [1.82, 2.24) is 5.48 Å². The summed E-state index contributed by atoms with van der Waals surface area (Å²) in [4.78, 5) is 15.2. The van der Waals surface area contributed by atoms with Crippen molar-refractivity contribution < 1.29 is 27.2 Å². The molecule has 1 fully saturated rings. The van der Waals surface area contributed by atoms with Gasteiger partial charge in [0.25, 0.3) is 0 Å². The molecule has 1 amide bonds. The first-order valence-corrected chi connectivity index (χ1v) is 4.56. The fourth-order valence-electron chi connectivity index (χ4n) is 1.31. The van der Waals surface area contributed by atoms with Gasteiger partial charge in [-0.15, -0.1) is 0 Å². The highest BCUT2D eigenvalue weighted by molar-refractivity contribution is 5.82. The summed E-state index contributed by atoms with van der Waals surface area (Å²) < 4.78 is 48.1. The molecule has 1 saturated carbocycles. The predicted octanol–water partition coefficient (Wildman–Crippen LogP) is 1.88. The molecule has 3 nitrogen and oxygen atoms in total. The Kier molecular flexibility index (Phi) is 3.90. The zero-order chi connectivity index (χ0) is 11.5. The third kappa shape index (κ3) is 3.05. The lowest BCUT2D eigenvalue weighted by Gasteiger charge is -2.16. The lowest BCUT2D eigenvalue weighted by atomic mass is 10.3. The summed E-state index contributed by atoms with van der Waals surface area (Å²) in [5.74, 6) is -6.79. The van der Waals surface area contributed by atoms with Crippen LogP contribution in [0.4, 0.5) is 17.6 Å². The second-order valence-corrected chi connectivity index (χ2v) is 3.38. The average molecular weight is 229 g/mol. The van der Waals surface area contributed by atoms with Crippen molar-refractivity contribution in [2.45, 2.75) is 44.1 Å². The number of halogens is 4. The van der Waals surface area contributed by atoms with Crippen molar-refractivity contribution >= 4 is 5.91 Å². The second-order valence-electron chi connectivity index (χ2n) is 3.38. The Labute approximate surface area is 83.7 Å². The van der Waals surface area contributed by atoms with E-state index in [1.807, 2.05) is 0 Å². The quantitative estimate of drug-likeness (QED) is 0.590. The van der Waals surface area contributed by atoms with Crippen LogP contribution < -0.4 is 5.48 Å². The number of hydrogen-bond acceptors (Lipinski definition) is 2. The van der Waals surface area contributed by atoms with Gasteiger partial charge in [0, 0.05) is 0 Å². The summed E-state index contributed by atoms with van der Waals surface area (Å²) in [6.07, 6.45) is -1.33. The molecule has 1 aliphatic carbocycles. The van der Waals surface area contributed by atoms with Gasteiger partial charge in [-0.05, 0) is 12.8 Å². The van der Waals surface area contributed by atoms with E-state index in [4.69, 9.17) is 0 Å². The molecule has 0 heterocycles. The minimum Gasteiger partial charge on any atom is -0.270 e. The Morgan fingerprint density at radius 3 is 2.33 bits per heavy atom. The predicted molar refractivity (Wildman–Crippen MR) is 42.4 cm³/mol. The molecule has 0 spiro atoms. The van der Waals surface area contributed by atoms with Crippen LogP contribution in [0.1, 0.15) is 25.7 Å². The lowest BCUT2D eigenvalue weighted by molar-refractivity contribution is -0.184. The Bertz CT molecular complexity index is 229. The first-order chi connectivity index (χ1) is 6.94. The van der Waals surface area contributed by atoms with Crippen LogP contribution in [0.25, 0.3) is 0 Å². The minimum absolute atomic E-state index is 0.345. The molecule has 7 heteroatoms. The first-order valence-electron chi connectivity index (χ1n) is 4.56. The topological polar surface area (TPSA) is 38.3 Å². The number of carbonyl (C=O) groups excluding carboxylic acids is 1. The largest absolute Gasteiger partial charge is 0.385 e. The second kappa shape index (κ2) is 4.78. The van der Waals surface area contributed by atoms with E-state index in [1.165, 1.54) is 5.48 Å². The number of alkyl halides is 4. The lowest BCUT2D eigenvalue weighted by Crippen LogP contribution is -2.46. The van der Waals surface area contributed by atoms with Gasteiger partial charge in [-0.1, -0.05) is 12.8 Å². The first kappa shape index (κ1) is 12.2. The number of amides is 1. The Morgan fingerprint density at radius 1 is 1.33 bits per heavy atom. The molecule has 0 aromatic heterocycles. The van der Waals surface area contributed by atoms with Crippen molar-refractivity contribution in [2.75, 3.05) is 0 Å². The summed E-state index contributed by atoms with van der Waals surface area (Å²) in [5.41, 5.74) is 1.38. The normalized spacial score (nSPS) is 18.5. The van der Waals surface area contributed by atoms with Crippen LogP contribution >= 0.6 is 0 Å². The number of hydroxylamine groups is 1. The maximum Gasteiger partial charge on any atom is 0.385 e. The van der Waals surface area contributed by atoms with Crippen molar-refractivity contribution in [2.24, 2.45) is 0 Å². The van der Waals surface area contributed by atoms with E-state index in [2.05, 4.69) is 4.84 Å². The smallest absolute Gasteiger partial charge is 0.270 e. The zero-order valence-electron chi connectivity index (χ0n) is 7.81. The van der Waals surface area contributed by atoms with Gasteiger partial charge in [-0.3, -0.25) is 9.63 Å². The number of rotatable bonds is 4.